The van der Waals surface area contributed by atoms with Gasteiger partial charge in [-0.2, -0.15) is 0 Å². The lowest BCUT2D eigenvalue weighted by atomic mass is 9.96. The van der Waals surface area contributed by atoms with Crippen molar-refractivity contribution in [1.82, 2.24) is 19.1 Å². The van der Waals surface area contributed by atoms with Gasteiger partial charge in [-0.25, -0.2) is 14.8 Å². The van der Waals surface area contributed by atoms with Crippen LogP contribution in [-0.4, -0.2) is 43.2 Å². The predicted molar refractivity (Wildman–Crippen MR) is 136 cm³/mol. The van der Waals surface area contributed by atoms with E-state index >= 15 is 0 Å². The molecule has 1 aromatic carbocycles. The molecule has 0 saturated carbocycles. The summed E-state index contributed by atoms with van der Waals surface area (Å²) in [5, 5.41) is 3.40. The van der Waals surface area contributed by atoms with E-state index in [9.17, 15) is 19.2 Å². The summed E-state index contributed by atoms with van der Waals surface area (Å²) in [4.78, 5) is 61.0. The third kappa shape index (κ3) is 4.86. The van der Waals surface area contributed by atoms with E-state index in [0.29, 0.717) is 29.5 Å². The molecule has 1 aliphatic heterocycles. The van der Waals surface area contributed by atoms with Crippen molar-refractivity contribution in [2.45, 2.75) is 44.1 Å². The molecule has 4 rings (SSSR count). The first kappa shape index (κ1) is 24.6. The zero-order valence-corrected chi connectivity index (χ0v) is 21.2. The Kier molecular flexibility index (Phi) is 6.54. The third-order valence-electron chi connectivity index (χ3n) is 5.79. The van der Waals surface area contributed by atoms with E-state index in [4.69, 9.17) is 0 Å². The highest BCUT2D eigenvalue weighted by Gasteiger charge is 2.24. The summed E-state index contributed by atoms with van der Waals surface area (Å²) in [7, 11) is 2.96. The van der Waals surface area contributed by atoms with Crippen LogP contribution in [0.15, 0.2) is 38.9 Å². The number of thioether (sulfide) groups is 1. The zero-order chi connectivity index (χ0) is 25.5. The summed E-state index contributed by atoms with van der Waals surface area (Å²) in [6, 6.07) is 7.17. The maximum atomic E-state index is 12.9. The van der Waals surface area contributed by atoms with Gasteiger partial charge in [-0.15, -0.1) is 0 Å². The first-order valence-corrected chi connectivity index (χ1v) is 12.3. The fourth-order valence-corrected chi connectivity index (χ4v) is 4.69. The van der Waals surface area contributed by atoms with Crippen LogP contribution in [0.2, 0.25) is 0 Å². The Balaban J connectivity index is 1.61. The van der Waals surface area contributed by atoms with Crippen molar-refractivity contribution in [3.8, 4) is 0 Å². The number of anilines is 2. The number of benzene rings is 1. The molecular weight excluding hydrogens is 468 g/mol. The smallest absolute Gasteiger partial charge is 0.325 e. The fourth-order valence-electron chi connectivity index (χ4n) is 3.87. The van der Waals surface area contributed by atoms with E-state index in [1.807, 2.05) is 26.8 Å². The maximum Gasteiger partial charge on any atom is 0.332 e. The molecule has 0 atom stereocenters. The van der Waals surface area contributed by atoms with Crippen LogP contribution in [-0.2, 0) is 29.1 Å². The molecule has 11 heteroatoms. The summed E-state index contributed by atoms with van der Waals surface area (Å²) in [5.74, 6) is 0.254. The molecule has 10 nitrogen and oxygen atoms in total. The van der Waals surface area contributed by atoms with Crippen LogP contribution < -0.4 is 21.5 Å². The molecule has 0 aliphatic carbocycles. The molecule has 2 amide bonds. The number of nitrogens with zero attached hydrogens (tertiary/aromatic N) is 5. The molecule has 0 unspecified atom stereocenters. The number of carbonyl (C=O) groups excluding carboxylic acids is 2. The topological polar surface area (TPSA) is 119 Å². The van der Waals surface area contributed by atoms with Crippen LogP contribution >= 0.6 is 11.8 Å². The first-order valence-electron chi connectivity index (χ1n) is 11.3. The Morgan fingerprint density at radius 2 is 1.86 bits per heavy atom. The molecule has 1 saturated heterocycles. The van der Waals surface area contributed by atoms with Gasteiger partial charge in [-0.3, -0.25) is 23.5 Å². The normalized spacial score (nSPS) is 14.1. The SMILES string of the molecule is Cn1c(=O)c2c(SCC(=O)Nc3cccc(N4CCCC4=O)c3)nc(C(C)(C)C)nc2n(C)c1=O. The Labute approximate surface area is 206 Å². The van der Waals surface area contributed by atoms with Gasteiger partial charge < -0.3 is 10.2 Å². The zero-order valence-electron chi connectivity index (χ0n) is 20.4. The van der Waals surface area contributed by atoms with Crippen molar-refractivity contribution >= 4 is 46.0 Å². The largest absolute Gasteiger partial charge is 0.332 e. The number of aromatic nitrogens is 4. The van der Waals surface area contributed by atoms with Crippen molar-refractivity contribution in [1.29, 1.82) is 0 Å². The Morgan fingerprint density at radius 1 is 1.11 bits per heavy atom. The summed E-state index contributed by atoms with van der Waals surface area (Å²) in [6.45, 7) is 6.48. The molecule has 1 fully saturated rings. The summed E-state index contributed by atoms with van der Waals surface area (Å²) >= 11 is 1.12. The number of amides is 2. The molecule has 3 heterocycles. The summed E-state index contributed by atoms with van der Waals surface area (Å²) < 4.78 is 2.33. The second-order valence-corrected chi connectivity index (χ2v) is 10.5. The monoisotopic (exact) mass is 496 g/mol. The highest BCUT2D eigenvalue weighted by Crippen LogP contribution is 2.28. The number of rotatable bonds is 5. The lowest BCUT2D eigenvalue weighted by molar-refractivity contribution is -0.117. The van der Waals surface area contributed by atoms with Crippen LogP contribution in [0.1, 0.15) is 39.4 Å². The minimum atomic E-state index is -0.505. The van der Waals surface area contributed by atoms with E-state index in [1.54, 1.807) is 30.1 Å². The number of hydrogen-bond donors (Lipinski definition) is 1. The van der Waals surface area contributed by atoms with E-state index in [1.165, 1.54) is 11.6 Å². The molecule has 2 aromatic heterocycles. The average molecular weight is 497 g/mol. The Bertz CT molecular complexity index is 1450. The van der Waals surface area contributed by atoms with E-state index < -0.39 is 16.7 Å². The van der Waals surface area contributed by atoms with Gasteiger partial charge in [0.25, 0.3) is 5.56 Å². The van der Waals surface area contributed by atoms with Gasteiger partial charge in [-0.1, -0.05) is 38.6 Å². The molecule has 35 heavy (non-hydrogen) atoms. The summed E-state index contributed by atoms with van der Waals surface area (Å²) in [6.07, 6.45) is 1.35. The number of fused-ring (bicyclic) bond motifs is 1. The van der Waals surface area contributed by atoms with Gasteiger partial charge in [0.2, 0.25) is 11.8 Å². The molecule has 0 bridgehead atoms. The Morgan fingerprint density at radius 3 is 2.51 bits per heavy atom. The first-order chi connectivity index (χ1) is 16.5. The van der Waals surface area contributed by atoms with Crippen molar-refractivity contribution in [3.05, 3.63) is 50.9 Å². The predicted octanol–water partition coefficient (Wildman–Crippen LogP) is 2.18. The third-order valence-corrected chi connectivity index (χ3v) is 6.77. The molecular formula is C24H28N6O4S. The van der Waals surface area contributed by atoms with Crippen molar-refractivity contribution in [2.75, 3.05) is 22.5 Å². The van der Waals surface area contributed by atoms with Crippen molar-refractivity contribution in [2.24, 2.45) is 14.1 Å². The Hall–Kier alpha value is -3.47. The van der Waals surface area contributed by atoms with E-state index in [0.717, 1.165) is 28.4 Å². The number of hydrogen-bond acceptors (Lipinski definition) is 7. The lowest BCUT2D eigenvalue weighted by Crippen LogP contribution is -2.38. The van der Waals surface area contributed by atoms with E-state index in [-0.39, 0.29) is 28.6 Å². The van der Waals surface area contributed by atoms with Gasteiger partial charge in [-0.05, 0) is 24.6 Å². The van der Waals surface area contributed by atoms with Gasteiger partial charge in [0.1, 0.15) is 16.2 Å². The molecule has 0 spiro atoms. The van der Waals surface area contributed by atoms with Gasteiger partial charge in [0.15, 0.2) is 5.65 Å². The number of carbonyl (C=O) groups is 2. The fraction of sp³-hybridized carbons (Fsp3) is 0.417. The van der Waals surface area contributed by atoms with Gasteiger partial charge >= 0.3 is 5.69 Å². The average Bonchev–Trinajstić information content (AvgIpc) is 3.24. The molecule has 3 aromatic rings. The van der Waals surface area contributed by atoms with Crippen LogP contribution in [0.4, 0.5) is 11.4 Å². The standard InChI is InChI=1S/C24H28N6O4S/c1-24(2,3)22-26-19-18(21(33)29(5)23(34)28(19)4)20(27-22)35-13-16(31)25-14-8-6-9-15(12-14)30-11-7-10-17(30)32/h6,8-9,12H,7,10-11,13H2,1-5H3,(H,25,31). The van der Waals surface area contributed by atoms with Crippen LogP contribution in [0, 0.1) is 0 Å². The number of nitrogens with one attached hydrogen (secondary N) is 1. The molecule has 1 N–H and O–H groups in total. The van der Waals surface area contributed by atoms with Crippen molar-refractivity contribution in [3.63, 3.8) is 0 Å². The van der Waals surface area contributed by atoms with Crippen LogP contribution in [0.3, 0.4) is 0 Å². The van der Waals surface area contributed by atoms with Gasteiger partial charge in [0, 0.05) is 43.9 Å². The van der Waals surface area contributed by atoms with Gasteiger partial charge in [0.05, 0.1) is 5.75 Å². The second kappa shape index (κ2) is 9.29. The van der Waals surface area contributed by atoms with E-state index in [2.05, 4.69) is 15.3 Å². The van der Waals surface area contributed by atoms with Crippen molar-refractivity contribution < 1.29 is 9.59 Å². The second-order valence-electron chi connectivity index (χ2n) is 9.54. The molecule has 1 aliphatic rings. The quantitative estimate of drug-likeness (QED) is 0.425. The van der Waals surface area contributed by atoms with Crippen LogP contribution in [0.25, 0.3) is 11.0 Å². The molecule has 0 radical (unpaired) electrons. The minimum absolute atomic E-state index is 0.00539. The summed E-state index contributed by atoms with van der Waals surface area (Å²) in [5.41, 5.74) is 0.147. The molecule has 184 valence electrons. The minimum Gasteiger partial charge on any atom is -0.325 e. The number of aryl methyl sites for hydroxylation is 1. The lowest BCUT2D eigenvalue weighted by Gasteiger charge is -2.19. The maximum absolute atomic E-state index is 12.9. The highest BCUT2D eigenvalue weighted by molar-refractivity contribution is 8.00. The highest BCUT2D eigenvalue weighted by atomic mass is 32.2. The van der Waals surface area contributed by atoms with Crippen LogP contribution in [0.5, 0.6) is 0 Å².